The van der Waals surface area contributed by atoms with Crippen LogP contribution in [0.25, 0.3) is 11.6 Å². The molecule has 4 aromatic rings. The second kappa shape index (κ2) is 7.29. The van der Waals surface area contributed by atoms with E-state index in [1.807, 2.05) is 19.9 Å². The molecule has 10 nitrogen and oxygen atoms in total. The van der Waals surface area contributed by atoms with Gasteiger partial charge in [-0.05, 0) is 31.9 Å². The zero-order chi connectivity index (χ0) is 21.7. The Hall–Kier alpha value is -3.56. The van der Waals surface area contributed by atoms with Gasteiger partial charge in [0.05, 0.1) is 17.9 Å². The second-order valence-corrected chi connectivity index (χ2v) is 8.49. The van der Waals surface area contributed by atoms with Crippen LogP contribution in [0.3, 0.4) is 0 Å². The van der Waals surface area contributed by atoms with E-state index in [1.165, 1.54) is 6.33 Å². The molecule has 0 N–H and O–H groups in total. The second-order valence-electron chi connectivity index (χ2n) is 8.49. The summed E-state index contributed by atoms with van der Waals surface area (Å²) in [5, 5.41) is 13.4. The average Bonchev–Trinajstić information content (AvgIpc) is 3.30. The Morgan fingerprint density at radius 1 is 1.13 bits per heavy atom. The summed E-state index contributed by atoms with van der Waals surface area (Å²) in [5.74, 6) is 2.87. The summed E-state index contributed by atoms with van der Waals surface area (Å²) in [6, 6.07) is 7.35. The van der Waals surface area contributed by atoms with Crippen molar-refractivity contribution in [2.24, 2.45) is 5.92 Å². The number of fused-ring (bicyclic) bond motifs is 1. The van der Waals surface area contributed by atoms with Gasteiger partial charge < -0.3 is 4.90 Å². The molecule has 0 aromatic carbocycles. The van der Waals surface area contributed by atoms with Crippen LogP contribution in [0.15, 0.2) is 35.4 Å². The summed E-state index contributed by atoms with van der Waals surface area (Å²) >= 11 is 0. The summed E-state index contributed by atoms with van der Waals surface area (Å²) in [6.45, 7) is 10.3. The zero-order valence-electron chi connectivity index (χ0n) is 18.1. The molecule has 0 spiro atoms. The lowest BCUT2D eigenvalue weighted by Gasteiger charge is -2.40. The topological polar surface area (TPSA) is 99.0 Å². The third-order valence-electron chi connectivity index (χ3n) is 5.64. The molecule has 0 aliphatic carbocycles. The maximum Gasteiger partial charge on any atom is 0.266 e. The Kier molecular flexibility index (Phi) is 4.57. The first-order chi connectivity index (χ1) is 14.9. The van der Waals surface area contributed by atoms with Gasteiger partial charge in [0.1, 0.15) is 12.1 Å². The lowest BCUT2D eigenvalue weighted by molar-refractivity contribution is 0.330. The van der Waals surface area contributed by atoms with E-state index in [0.717, 1.165) is 36.0 Å². The lowest BCUT2D eigenvalue weighted by Crippen LogP contribution is -2.50. The highest BCUT2D eigenvalue weighted by atomic mass is 16.1. The Labute approximate surface area is 179 Å². The van der Waals surface area contributed by atoms with Crippen LogP contribution in [0.1, 0.15) is 36.8 Å². The van der Waals surface area contributed by atoms with Crippen molar-refractivity contribution in [3.8, 4) is 5.82 Å². The van der Waals surface area contributed by atoms with Crippen LogP contribution >= 0.6 is 0 Å². The van der Waals surface area contributed by atoms with Gasteiger partial charge in [-0.2, -0.15) is 19.7 Å². The maximum absolute atomic E-state index is 12.4. The molecule has 4 aromatic heterocycles. The molecule has 0 radical (unpaired) electrons. The van der Waals surface area contributed by atoms with Gasteiger partial charge in [-0.15, -0.1) is 5.10 Å². The van der Waals surface area contributed by atoms with Crippen molar-refractivity contribution >= 4 is 11.6 Å². The minimum Gasteiger partial charge on any atom is -0.356 e. The third-order valence-corrected chi connectivity index (χ3v) is 5.64. The molecular formula is C21H25N9O. The fourth-order valence-electron chi connectivity index (χ4n) is 4.00. The molecule has 0 bridgehead atoms. The van der Waals surface area contributed by atoms with E-state index in [0.29, 0.717) is 30.0 Å². The first kappa shape index (κ1) is 19.4. The predicted molar refractivity (Wildman–Crippen MR) is 116 cm³/mol. The molecule has 0 unspecified atom stereocenters. The van der Waals surface area contributed by atoms with Crippen LogP contribution in [0, 0.1) is 19.8 Å². The SMILES string of the molecule is Cc1cc(C)n(-c2ccc(=O)n(CC3CN(c4cc(C(C)C)nc5ncnn45)C3)n2)n1. The van der Waals surface area contributed by atoms with Crippen molar-refractivity contribution in [1.29, 1.82) is 0 Å². The minimum atomic E-state index is -0.103. The fourth-order valence-corrected chi connectivity index (χ4v) is 4.00. The Morgan fingerprint density at radius 2 is 1.94 bits per heavy atom. The number of nitrogens with zero attached hydrogens (tertiary/aromatic N) is 9. The number of hydrogen-bond donors (Lipinski definition) is 0. The molecule has 1 aliphatic heterocycles. The van der Waals surface area contributed by atoms with Gasteiger partial charge in [0.25, 0.3) is 11.3 Å². The van der Waals surface area contributed by atoms with Crippen LogP contribution in [-0.2, 0) is 6.54 Å². The Balaban J connectivity index is 1.35. The number of anilines is 1. The number of hydrogen-bond acceptors (Lipinski definition) is 7. The van der Waals surface area contributed by atoms with Crippen LogP contribution < -0.4 is 10.5 Å². The van der Waals surface area contributed by atoms with Crippen molar-refractivity contribution in [3.63, 3.8) is 0 Å². The highest BCUT2D eigenvalue weighted by molar-refractivity contribution is 5.49. The van der Waals surface area contributed by atoms with Crippen LogP contribution in [0.2, 0.25) is 0 Å². The lowest BCUT2D eigenvalue weighted by atomic mass is 10.00. The van der Waals surface area contributed by atoms with Gasteiger partial charge in [0.2, 0.25) is 0 Å². The van der Waals surface area contributed by atoms with Crippen molar-refractivity contribution in [2.75, 3.05) is 18.0 Å². The van der Waals surface area contributed by atoms with Crippen LogP contribution in [-0.4, -0.2) is 52.2 Å². The smallest absolute Gasteiger partial charge is 0.266 e. The highest BCUT2D eigenvalue weighted by Gasteiger charge is 2.30. The molecule has 1 aliphatic rings. The van der Waals surface area contributed by atoms with Gasteiger partial charge in [0, 0.05) is 36.8 Å². The normalized spacial score (nSPS) is 14.5. The van der Waals surface area contributed by atoms with Gasteiger partial charge in [-0.3, -0.25) is 4.79 Å². The first-order valence-corrected chi connectivity index (χ1v) is 10.5. The van der Waals surface area contributed by atoms with E-state index in [1.54, 1.807) is 26.0 Å². The molecule has 1 fully saturated rings. The molecular weight excluding hydrogens is 394 g/mol. The van der Waals surface area contributed by atoms with Crippen molar-refractivity contribution < 1.29 is 0 Å². The van der Waals surface area contributed by atoms with Gasteiger partial charge in [-0.1, -0.05) is 13.8 Å². The molecule has 0 atom stereocenters. The minimum absolute atomic E-state index is 0.103. The number of aryl methyl sites for hydroxylation is 2. The molecule has 5 rings (SSSR count). The summed E-state index contributed by atoms with van der Waals surface area (Å²) < 4.78 is 5.09. The Morgan fingerprint density at radius 3 is 2.65 bits per heavy atom. The highest BCUT2D eigenvalue weighted by Crippen LogP contribution is 2.27. The molecule has 160 valence electrons. The standard InChI is InChI=1S/C21H25N9O/c1-13(2)17-8-19(30-21(24-17)22-12-23-30)27-9-16(10-27)11-28-20(31)6-5-18(26-28)29-15(4)7-14(3)25-29/h5-8,12-13,16H,9-11H2,1-4H3. The van der Waals surface area contributed by atoms with Gasteiger partial charge in [-0.25, -0.2) is 14.3 Å². The van der Waals surface area contributed by atoms with Crippen LogP contribution in [0.4, 0.5) is 5.82 Å². The van der Waals surface area contributed by atoms with Crippen molar-refractivity contribution in [2.45, 2.75) is 40.2 Å². The molecule has 10 heteroatoms. The van der Waals surface area contributed by atoms with E-state index in [-0.39, 0.29) is 5.56 Å². The summed E-state index contributed by atoms with van der Waals surface area (Å²) in [5.41, 5.74) is 2.80. The fraction of sp³-hybridized carbons (Fsp3) is 0.429. The van der Waals surface area contributed by atoms with Gasteiger partial charge >= 0.3 is 0 Å². The molecule has 31 heavy (non-hydrogen) atoms. The molecule has 1 saturated heterocycles. The van der Waals surface area contributed by atoms with E-state index in [9.17, 15) is 4.79 Å². The van der Waals surface area contributed by atoms with E-state index < -0.39 is 0 Å². The Bertz CT molecular complexity index is 1310. The molecule has 0 amide bonds. The predicted octanol–water partition coefficient (Wildman–Crippen LogP) is 1.74. The van der Waals surface area contributed by atoms with Crippen molar-refractivity contribution in [1.82, 2.24) is 39.1 Å². The number of rotatable bonds is 5. The quantitative estimate of drug-likeness (QED) is 0.486. The van der Waals surface area contributed by atoms with Gasteiger partial charge in [0.15, 0.2) is 5.82 Å². The van der Waals surface area contributed by atoms with E-state index >= 15 is 0 Å². The zero-order valence-corrected chi connectivity index (χ0v) is 18.1. The largest absolute Gasteiger partial charge is 0.356 e. The molecule has 0 saturated carbocycles. The summed E-state index contributed by atoms with van der Waals surface area (Å²) in [4.78, 5) is 23.5. The van der Waals surface area contributed by atoms with Crippen molar-refractivity contribution in [3.05, 3.63) is 58.0 Å². The number of aromatic nitrogens is 8. The average molecular weight is 419 g/mol. The third kappa shape index (κ3) is 3.47. The molecule has 5 heterocycles. The summed E-state index contributed by atoms with van der Waals surface area (Å²) in [6.07, 6.45) is 1.53. The monoisotopic (exact) mass is 419 g/mol. The van der Waals surface area contributed by atoms with E-state index in [4.69, 9.17) is 0 Å². The van der Waals surface area contributed by atoms with E-state index in [2.05, 4.69) is 50.1 Å². The first-order valence-electron chi connectivity index (χ1n) is 10.5. The van der Waals surface area contributed by atoms with Crippen LogP contribution in [0.5, 0.6) is 0 Å². The maximum atomic E-state index is 12.4. The summed E-state index contributed by atoms with van der Waals surface area (Å²) in [7, 11) is 0.